The number of nitro benzene ring substituents is 1. The van der Waals surface area contributed by atoms with Gasteiger partial charge in [-0.1, -0.05) is 31.5 Å². The molecule has 1 aliphatic carbocycles. The van der Waals surface area contributed by atoms with Gasteiger partial charge in [-0.05, 0) is 31.6 Å². The van der Waals surface area contributed by atoms with Crippen LogP contribution in [0.25, 0.3) is 0 Å². The lowest BCUT2D eigenvalue weighted by Crippen LogP contribution is -2.31. The summed E-state index contributed by atoms with van der Waals surface area (Å²) in [6.07, 6.45) is 3.32. The normalized spacial score (nSPS) is 25.6. The van der Waals surface area contributed by atoms with Crippen LogP contribution in [0.5, 0.6) is 0 Å². The van der Waals surface area contributed by atoms with E-state index < -0.39 is 16.3 Å². The molecular formula is C15H19NO4. The minimum absolute atomic E-state index is 0.0214. The second-order valence-corrected chi connectivity index (χ2v) is 5.67. The Morgan fingerprint density at radius 1 is 1.50 bits per heavy atom. The maximum atomic E-state index is 11.7. The Labute approximate surface area is 117 Å². The van der Waals surface area contributed by atoms with Gasteiger partial charge in [-0.3, -0.25) is 14.9 Å². The highest BCUT2D eigenvalue weighted by molar-refractivity contribution is 5.76. The van der Waals surface area contributed by atoms with Gasteiger partial charge in [0, 0.05) is 11.6 Å². The Hall–Kier alpha value is -1.91. The summed E-state index contributed by atoms with van der Waals surface area (Å²) in [6, 6.07) is 6.45. The summed E-state index contributed by atoms with van der Waals surface area (Å²) in [5.74, 6) is -0.416. The third kappa shape index (κ3) is 2.66. The first-order chi connectivity index (χ1) is 9.48. The maximum Gasteiger partial charge on any atom is 0.309 e. The van der Waals surface area contributed by atoms with Gasteiger partial charge >= 0.3 is 5.97 Å². The second kappa shape index (κ2) is 5.61. The summed E-state index contributed by atoms with van der Waals surface area (Å²) in [6.45, 7) is 2.06. The summed E-state index contributed by atoms with van der Waals surface area (Å²) < 4.78 is 0. The number of benzene rings is 1. The molecule has 1 aromatic rings. The third-order valence-corrected chi connectivity index (χ3v) is 4.46. The molecule has 2 atom stereocenters. The highest BCUT2D eigenvalue weighted by atomic mass is 16.6. The van der Waals surface area contributed by atoms with E-state index in [1.165, 1.54) is 6.07 Å². The highest BCUT2D eigenvalue weighted by Gasteiger charge is 2.45. The minimum atomic E-state index is -0.840. The van der Waals surface area contributed by atoms with Crippen LogP contribution in [0.1, 0.15) is 38.2 Å². The van der Waals surface area contributed by atoms with Crippen LogP contribution >= 0.6 is 0 Å². The summed E-state index contributed by atoms with van der Waals surface area (Å²) >= 11 is 0. The van der Waals surface area contributed by atoms with E-state index in [4.69, 9.17) is 0 Å². The van der Waals surface area contributed by atoms with Gasteiger partial charge in [-0.2, -0.15) is 0 Å². The van der Waals surface area contributed by atoms with Gasteiger partial charge in [-0.25, -0.2) is 0 Å². The molecule has 1 aliphatic rings. The first-order valence-corrected chi connectivity index (χ1v) is 6.94. The molecule has 0 aromatic heterocycles. The summed E-state index contributed by atoms with van der Waals surface area (Å²) in [7, 11) is 0. The molecule has 2 unspecified atom stereocenters. The zero-order valence-electron chi connectivity index (χ0n) is 11.5. The number of aliphatic carboxylic acids is 1. The van der Waals surface area contributed by atoms with E-state index >= 15 is 0 Å². The molecule has 2 rings (SSSR count). The number of hydrogen-bond acceptors (Lipinski definition) is 3. The number of carbonyl (C=O) groups is 1. The van der Waals surface area contributed by atoms with E-state index in [1.807, 2.05) is 0 Å². The molecule has 5 heteroatoms. The Balaban J connectivity index is 2.31. The first-order valence-electron chi connectivity index (χ1n) is 6.94. The second-order valence-electron chi connectivity index (χ2n) is 5.67. The van der Waals surface area contributed by atoms with Crippen LogP contribution in [0.2, 0.25) is 0 Å². The van der Waals surface area contributed by atoms with Crippen LogP contribution in [-0.2, 0) is 11.2 Å². The van der Waals surface area contributed by atoms with Gasteiger partial charge in [-0.15, -0.1) is 0 Å². The molecule has 0 heterocycles. The molecule has 20 heavy (non-hydrogen) atoms. The Kier molecular flexibility index (Phi) is 4.06. The lowest BCUT2D eigenvalue weighted by molar-refractivity contribution is -0.385. The first kappa shape index (κ1) is 14.5. The topological polar surface area (TPSA) is 80.4 Å². The van der Waals surface area contributed by atoms with E-state index in [2.05, 4.69) is 6.92 Å². The molecule has 5 nitrogen and oxygen atoms in total. The van der Waals surface area contributed by atoms with Crippen LogP contribution in [-0.4, -0.2) is 16.0 Å². The van der Waals surface area contributed by atoms with Crippen molar-refractivity contribution in [2.24, 2.45) is 11.3 Å². The summed E-state index contributed by atoms with van der Waals surface area (Å²) in [5, 5.41) is 20.6. The van der Waals surface area contributed by atoms with Crippen molar-refractivity contribution < 1.29 is 14.8 Å². The van der Waals surface area contributed by atoms with Crippen LogP contribution in [0.15, 0.2) is 24.3 Å². The molecule has 1 N–H and O–H groups in total. The molecular weight excluding hydrogens is 258 g/mol. The zero-order valence-corrected chi connectivity index (χ0v) is 11.5. The SMILES string of the molecule is CCC1CCC(Cc2ccccc2[N+](=O)[O-])(C(=O)O)C1. The predicted molar refractivity (Wildman–Crippen MR) is 74.5 cm³/mol. The lowest BCUT2D eigenvalue weighted by Gasteiger charge is -2.24. The highest BCUT2D eigenvalue weighted by Crippen LogP contribution is 2.46. The molecule has 0 amide bonds. The fourth-order valence-corrected chi connectivity index (χ4v) is 3.22. The summed E-state index contributed by atoms with van der Waals surface area (Å²) in [5.41, 5.74) is -0.294. The quantitative estimate of drug-likeness (QED) is 0.660. The average Bonchev–Trinajstić information content (AvgIpc) is 2.84. The molecule has 0 bridgehead atoms. The number of carboxylic acid groups (broad SMARTS) is 1. The van der Waals surface area contributed by atoms with E-state index in [1.54, 1.807) is 18.2 Å². The Morgan fingerprint density at radius 3 is 2.75 bits per heavy atom. The standard InChI is InChI=1S/C15H19NO4/c1-2-11-7-8-15(9-11,14(17)18)10-12-5-3-4-6-13(12)16(19)20/h3-6,11H,2,7-10H2,1H3,(H,17,18). The minimum Gasteiger partial charge on any atom is -0.481 e. The summed E-state index contributed by atoms with van der Waals surface area (Å²) in [4.78, 5) is 22.3. The molecule has 108 valence electrons. The zero-order chi connectivity index (χ0) is 14.8. The van der Waals surface area contributed by atoms with Crippen molar-refractivity contribution in [3.8, 4) is 0 Å². The number of nitro groups is 1. The third-order valence-electron chi connectivity index (χ3n) is 4.46. The van der Waals surface area contributed by atoms with E-state index in [0.717, 1.165) is 12.8 Å². The molecule has 0 aliphatic heterocycles. The lowest BCUT2D eigenvalue weighted by atomic mass is 9.79. The largest absolute Gasteiger partial charge is 0.481 e. The van der Waals surface area contributed by atoms with Crippen molar-refractivity contribution in [3.63, 3.8) is 0 Å². The number of para-hydroxylation sites is 1. The Bertz CT molecular complexity index is 528. The van der Waals surface area contributed by atoms with Crippen LogP contribution in [0.3, 0.4) is 0 Å². The molecule has 0 radical (unpaired) electrons. The number of rotatable bonds is 5. The van der Waals surface area contributed by atoms with Crippen molar-refractivity contribution in [2.75, 3.05) is 0 Å². The van der Waals surface area contributed by atoms with E-state index in [0.29, 0.717) is 24.3 Å². The van der Waals surface area contributed by atoms with Gasteiger partial charge in [0.25, 0.3) is 5.69 Å². The molecule has 1 fully saturated rings. The molecule has 1 aromatic carbocycles. The van der Waals surface area contributed by atoms with Crippen molar-refractivity contribution in [3.05, 3.63) is 39.9 Å². The molecule has 0 spiro atoms. The van der Waals surface area contributed by atoms with Gasteiger partial charge in [0.2, 0.25) is 0 Å². The maximum absolute atomic E-state index is 11.7. The Morgan fingerprint density at radius 2 is 2.20 bits per heavy atom. The van der Waals surface area contributed by atoms with Gasteiger partial charge in [0.05, 0.1) is 10.3 Å². The number of carboxylic acids is 1. The number of hydrogen-bond donors (Lipinski definition) is 1. The van der Waals surface area contributed by atoms with Gasteiger partial charge in [0.1, 0.15) is 0 Å². The fourth-order valence-electron chi connectivity index (χ4n) is 3.22. The fraction of sp³-hybridized carbons (Fsp3) is 0.533. The smallest absolute Gasteiger partial charge is 0.309 e. The van der Waals surface area contributed by atoms with E-state index in [9.17, 15) is 20.0 Å². The molecule has 0 saturated heterocycles. The predicted octanol–water partition coefficient (Wildman–Crippen LogP) is 3.42. The van der Waals surface area contributed by atoms with Crippen molar-refractivity contribution in [1.82, 2.24) is 0 Å². The van der Waals surface area contributed by atoms with E-state index in [-0.39, 0.29) is 12.1 Å². The van der Waals surface area contributed by atoms with Gasteiger partial charge < -0.3 is 5.11 Å². The van der Waals surface area contributed by atoms with Gasteiger partial charge in [0.15, 0.2) is 0 Å². The van der Waals surface area contributed by atoms with Crippen LogP contribution < -0.4 is 0 Å². The van der Waals surface area contributed by atoms with Crippen LogP contribution in [0.4, 0.5) is 5.69 Å². The number of nitrogens with zero attached hydrogens (tertiary/aromatic N) is 1. The average molecular weight is 277 g/mol. The van der Waals surface area contributed by atoms with Crippen LogP contribution in [0, 0.1) is 21.4 Å². The van der Waals surface area contributed by atoms with Crippen molar-refractivity contribution in [1.29, 1.82) is 0 Å². The van der Waals surface area contributed by atoms with Crippen molar-refractivity contribution >= 4 is 11.7 Å². The monoisotopic (exact) mass is 277 g/mol. The molecule has 1 saturated carbocycles. The van der Waals surface area contributed by atoms with Crippen molar-refractivity contribution in [2.45, 2.75) is 39.0 Å².